The summed E-state index contributed by atoms with van der Waals surface area (Å²) in [5, 5.41) is 8.97. The highest BCUT2D eigenvalue weighted by Gasteiger charge is 2.17. The van der Waals surface area contributed by atoms with Crippen LogP contribution >= 0.6 is 11.8 Å². The molecule has 0 aromatic carbocycles. The lowest BCUT2D eigenvalue weighted by molar-refractivity contribution is 0.0517. The molecule has 0 spiro atoms. The van der Waals surface area contributed by atoms with E-state index < -0.39 is 21.0 Å². The van der Waals surface area contributed by atoms with Crippen molar-refractivity contribution in [2.75, 3.05) is 19.1 Å². The molecular formula is C20H28N4O6S2. The SMILES string of the molecule is CCCc1cc(C(=O)O)nc(S(C)(=O)=O)n1.CCCc1cc(C(=O)OCC)nc(SC)n1. The molecule has 2 heterocycles. The lowest BCUT2D eigenvalue weighted by Crippen LogP contribution is -2.11. The molecule has 2 aromatic rings. The van der Waals surface area contributed by atoms with E-state index in [1.165, 1.54) is 17.8 Å². The van der Waals surface area contributed by atoms with Gasteiger partial charge in [0.05, 0.1) is 6.61 Å². The van der Waals surface area contributed by atoms with E-state index in [1.54, 1.807) is 13.0 Å². The third kappa shape index (κ3) is 8.87. The van der Waals surface area contributed by atoms with E-state index >= 15 is 0 Å². The summed E-state index contributed by atoms with van der Waals surface area (Å²) in [4.78, 5) is 38.1. The number of carboxylic acid groups (broad SMARTS) is 1. The smallest absolute Gasteiger partial charge is 0.357 e. The second kappa shape index (κ2) is 13.1. The molecule has 32 heavy (non-hydrogen) atoms. The van der Waals surface area contributed by atoms with E-state index in [4.69, 9.17) is 9.84 Å². The van der Waals surface area contributed by atoms with Crippen LogP contribution in [-0.2, 0) is 27.4 Å². The van der Waals surface area contributed by atoms with Gasteiger partial charge in [-0.05, 0) is 38.2 Å². The van der Waals surface area contributed by atoms with Crippen LogP contribution < -0.4 is 0 Å². The van der Waals surface area contributed by atoms with Gasteiger partial charge in [0.2, 0.25) is 15.0 Å². The van der Waals surface area contributed by atoms with E-state index in [0.29, 0.717) is 29.6 Å². The second-order valence-corrected chi connectivity index (χ2v) is 9.24. The Balaban J connectivity index is 0.000000320. The van der Waals surface area contributed by atoms with Crippen molar-refractivity contribution in [3.63, 3.8) is 0 Å². The van der Waals surface area contributed by atoms with Crippen LogP contribution in [0, 0.1) is 0 Å². The van der Waals surface area contributed by atoms with Crippen molar-refractivity contribution < 1.29 is 27.9 Å². The summed E-state index contributed by atoms with van der Waals surface area (Å²) in [6.45, 7) is 6.11. The molecule has 0 atom stereocenters. The van der Waals surface area contributed by atoms with Gasteiger partial charge in [0.15, 0.2) is 16.5 Å². The molecular weight excluding hydrogens is 456 g/mol. The molecule has 2 aromatic heterocycles. The fourth-order valence-electron chi connectivity index (χ4n) is 2.39. The third-order valence-corrected chi connectivity index (χ3v) is 5.14. The minimum atomic E-state index is -3.59. The molecule has 10 nitrogen and oxygen atoms in total. The maximum atomic E-state index is 11.5. The number of rotatable bonds is 9. The van der Waals surface area contributed by atoms with Gasteiger partial charge in [0.25, 0.3) is 0 Å². The molecule has 12 heteroatoms. The Morgan fingerprint density at radius 3 is 2.00 bits per heavy atom. The summed E-state index contributed by atoms with van der Waals surface area (Å²) >= 11 is 1.43. The number of hydrogen-bond donors (Lipinski definition) is 1. The number of sulfone groups is 1. The Kier molecular flexibility index (Phi) is 11.2. The Morgan fingerprint density at radius 1 is 0.969 bits per heavy atom. The van der Waals surface area contributed by atoms with Crippen LogP contribution in [0.15, 0.2) is 22.4 Å². The van der Waals surface area contributed by atoms with Crippen LogP contribution in [0.4, 0.5) is 0 Å². The number of carbonyl (C=O) groups excluding carboxylic acids is 1. The molecule has 0 saturated carbocycles. The molecule has 0 amide bonds. The van der Waals surface area contributed by atoms with Crippen LogP contribution in [0.5, 0.6) is 0 Å². The summed E-state index contributed by atoms with van der Waals surface area (Å²) in [6, 6.07) is 3.00. The zero-order chi connectivity index (χ0) is 24.3. The van der Waals surface area contributed by atoms with Crippen LogP contribution in [0.1, 0.15) is 66.0 Å². The van der Waals surface area contributed by atoms with Crippen molar-refractivity contribution in [2.24, 2.45) is 0 Å². The molecule has 0 bridgehead atoms. The number of carbonyl (C=O) groups is 2. The van der Waals surface area contributed by atoms with Crippen molar-refractivity contribution in [1.29, 1.82) is 0 Å². The van der Waals surface area contributed by atoms with Gasteiger partial charge in [-0.1, -0.05) is 38.5 Å². The largest absolute Gasteiger partial charge is 0.477 e. The second-order valence-electron chi connectivity index (χ2n) is 6.56. The van der Waals surface area contributed by atoms with E-state index in [9.17, 15) is 18.0 Å². The van der Waals surface area contributed by atoms with Gasteiger partial charge in [-0.3, -0.25) is 0 Å². The quantitative estimate of drug-likeness (QED) is 0.318. The first-order chi connectivity index (χ1) is 15.0. The predicted molar refractivity (Wildman–Crippen MR) is 120 cm³/mol. The molecule has 0 aliphatic carbocycles. The van der Waals surface area contributed by atoms with Gasteiger partial charge >= 0.3 is 11.9 Å². The van der Waals surface area contributed by atoms with E-state index in [-0.39, 0.29) is 11.7 Å². The lowest BCUT2D eigenvalue weighted by atomic mass is 10.2. The lowest BCUT2D eigenvalue weighted by Gasteiger charge is -2.05. The topological polar surface area (TPSA) is 149 Å². The van der Waals surface area contributed by atoms with Gasteiger partial charge in [-0.15, -0.1) is 0 Å². The highest BCUT2D eigenvalue weighted by Crippen LogP contribution is 2.13. The standard InChI is InChI=1S/C11H16N2O2S.C9H12N2O4S/c1-4-6-8-7-9(10(14)15-5-2)13-11(12-8)16-3;1-3-4-6-5-7(8(12)13)11-9(10-6)16(2,14)15/h7H,4-6H2,1-3H3;5H,3-4H2,1-2H3,(H,12,13). The number of aromatic carboxylic acids is 1. The zero-order valence-electron chi connectivity index (χ0n) is 18.8. The maximum absolute atomic E-state index is 11.5. The molecule has 0 aliphatic heterocycles. The van der Waals surface area contributed by atoms with Gasteiger partial charge in [0, 0.05) is 17.6 Å². The molecule has 0 radical (unpaired) electrons. The Bertz CT molecular complexity index is 1040. The molecule has 1 N–H and O–H groups in total. The number of aromatic nitrogens is 4. The van der Waals surface area contributed by atoms with Crippen molar-refractivity contribution >= 4 is 33.5 Å². The highest BCUT2D eigenvalue weighted by molar-refractivity contribution is 7.98. The molecule has 0 unspecified atom stereocenters. The van der Waals surface area contributed by atoms with Gasteiger partial charge in [-0.25, -0.2) is 37.9 Å². The number of ether oxygens (including phenoxy) is 1. The number of aryl methyl sites for hydroxylation is 2. The fourth-order valence-corrected chi connectivity index (χ4v) is 3.34. The Hall–Kier alpha value is -2.60. The number of thioether (sulfide) groups is 1. The monoisotopic (exact) mass is 484 g/mol. The Morgan fingerprint density at radius 2 is 1.53 bits per heavy atom. The maximum Gasteiger partial charge on any atom is 0.357 e. The van der Waals surface area contributed by atoms with Crippen LogP contribution in [0.25, 0.3) is 0 Å². The van der Waals surface area contributed by atoms with Gasteiger partial charge < -0.3 is 9.84 Å². The van der Waals surface area contributed by atoms with E-state index in [2.05, 4.69) is 26.9 Å². The number of hydrogen-bond acceptors (Lipinski definition) is 10. The number of carboxylic acids is 1. The van der Waals surface area contributed by atoms with Gasteiger partial charge in [-0.2, -0.15) is 0 Å². The van der Waals surface area contributed by atoms with E-state index in [0.717, 1.165) is 31.2 Å². The zero-order valence-corrected chi connectivity index (χ0v) is 20.4. The Labute approximate surface area is 192 Å². The molecule has 0 saturated heterocycles. The third-order valence-electron chi connectivity index (χ3n) is 3.75. The normalized spacial score (nSPS) is 10.8. The first kappa shape index (κ1) is 27.4. The number of nitrogens with zero attached hydrogens (tertiary/aromatic N) is 4. The van der Waals surface area contributed by atoms with Crippen LogP contribution in [0.2, 0.25) is 0 Å². The molecule has 2 rings (SSSR count). The first-order valence-electron chi connectivity index (χ1n) is 9.95. The molecule has 0 aliphatic rings. The van der Waals surface area contributed by atoms with Gasteiger partial charge in [0.1, 0.15) is 0 Å². The van der Waals surface area contributed by atoms with Crippen molar-refractivity contribution in [2.45, 2.75) is 56.8 Å². The molecule has 0 fully saturated rings. The van der Waals surface area contributed by atoms with Crippen molar-refractivity contribution in [3.05, 3.63) is 34.9 Å². The predicted octanol–water partition coefficient (Wildman–Crippen LogP) is 2.86. The van der Waals surface area contributed by atoms with Crippen molar-refractivity contribution in [3.8, 4) is 0 Å². The summed E-state index contributed by atoms with van der Waals surface area (Å²) in [5.41, 5.74) is 1.38. The average molecular weight is 485 g/mol. The highest BCUT2D eigenvalue weighted by atomic mass is 32.2. The summed E-state index contributed by atoms with van der Waals surface area (Å²) in [6.07, 6.45) is 5.95. The average Bonchev–Trinajstić information content (AvgIpc) is 2.73. The minimum Gasteiger partial charge on any atom is -0.477 e. The van der Waals surface area contributed by atoms with Crippen molar-refractivity contribution in [1.82, 2.24) is 19.9 Å². The number of esters is 1. The minimum absolute atomic E-state index is 0.293. The first-order valence-corrected chi connectivity index (χ1v) is 13.1. The van der Waals surface area contributed by atoms with Crippen LogP contribution in [0.3, 0.4) is 0 Å². The van der Waals surface area contributed by atoms with Crippen LogP contribution in [-0.4, -0.2) is 64.5 Å². The fraction of sp³-hybridized carbons (Fsp3) is 0.500. The molecule has 176 valence electrons. The summed E-state index contributed by atoms with van der Waals surface area (Å²) in [5.74, 6) is -1.64. The summed E-state index contributed by atoms with van der Waals surface area (Å²) in [7, 11) is -3.59. The van der Waals surface area contributed by atoms with E-state index in [1.807, 2.05) is 13.2 Å². The summed E-state index contributed by atoms with van der Waals surface area (Å²) < 4.78 is 27.4.